The Morgan fingerprint density at radius 3 is 2.81 bits per heavy atom. The summed E-state index contributed by atoms with van der Waals surface area (Å²) in [6.07, 6.45) is 8.39. The van der Waals surface area contributed by atoms with Gasteiger partial charge >= 0.3 is 0 Å². The lowest BCUT2D eigenvalue weighted by Crippen LogP contribution is -2.23. The molecule has 1 aliphatic rings. The number of halogens is 1. The highest BCUT2D eigenvalue weighted by atomic mass is 19.1. The van der Waals surface area contributed by atoms with Gasteiger partial charge in [0.15, 0.2) is 17.0 Å². The molecule has 0 radical (unpaired) electrons. The molecule has 32 heavy (non-hydrogen) atoms. The number of hydrogen-bond acceptors (Lipinski definition) is 9. The van der Waals surface area contributed by atoms with Crippen molar-refractivity contribution in [3.05, 3.63) is 17.9 Å². The third-order valence-electron chi connectivity index (χ3n) is 5.41. The summed E-state index contributed by atoms with van der Waals surface area (Å²) >= 11 is 0. The Morgan fingerprint density at radius 2 is 2.09 bits per heavy atom. The maximum atomic E-state index is 13.7. The van der Waals surface area contributed by atoms with E-state index >= 15 is 0 Å². The fourth-order valence-electron chi connectivity index (χ4n) is 3.55. The lowest BCUT2D eigenvalue weighted by molar-refractivity contribution is 0.285. The van der Waals surface area contributed by atoms with Crippen LogP contribution in [0, 0.1) is 0 Å². The molecule has 0 aliphatic carbocycles. The molecule has 3 rings (SSSR count). The highest BCUT2D eigenvalue weighted by Gasteiger charge is 2.25. The first-order chi connectivity index (χ1) is 15.5. The van der Waals surface area contributed by atoms with Crippen LogP contribution in [0.3, 0.4) is 0 Å². The molecule has 1 fully saturated rings. The Bertz CT molecular complexity index is 943. The lowest BCUT2D eigenvalue weighted by atomic mass is 10.1. The molecule has 2 aromatic rings. The summed E-state index contributed by atoms with van der Waals surface area (Å²) in [6, 6.07) is 0. The van der Waals surface area contributed by atoms with Crippen molar-refractivity contribution in [1.29, 1.82) is 0 Å². The maximum Gasteiger partial charge on any atom is 0.229 e. The van der Waals surface area contributed by atoms with E-state index in [1.165, 1.54) is 7.11 Å². The largest absolute Gasteiger partial charge is 0.481 e. The summed E-state index contributed by atoms with van der Waals surface area (Å²) in [5.74, 6) is 1.11. The molecule has 10 nitrogen and oxygen atoms in total. The Balaban J connectivity index is 1.76. The molecule has 0 aromatic carbocycles. The van der Waals surface area contributed by atoms with Gasteiger partial charge in [0, 0.05) is 20.1 Å². The molecular formula is C21H34FN9O. The normalized spacial score (nSPS) is 17.4. The first-order valence-electron chi connectivity index (χ1n) is 11.1. The van der Waals surface area contributed by atoms with Crippen LogP contribution >= 0.6 is 0 Å². The molecule has 0 bridgehead atoms. The van der Waals surface area contributed by atoms with E-state index in [9.17, 15) is 4.39 Å². The molecule has 0 spiro atoms. The molecule has 3 heterocycles. The summed E-state index contributed by atoms with van der Waals surface area (Å²) in [6.45, 7) is 2.28. The highest BCUT2D eigenvalue weighted by Crippen LogP contribution is 2.26. The van der Waals surface area contributed by atoms with Crippen LogP contribution < -0.4 is 21.7 Å². The molecule has 5 N–H and O–H groups in total. The summed E-state index contributed by atoms with van der Waals surface area (Å²) < 4.78 is 20.8. The molecular weight excluding hydrogens is 413 g/mol. The molecule has 1 atom stereocenters. The summed E-state index contributed by atoms with van der Waals surface area (Å²) in [5.41, 5.74) is 13.3. The molecule has 2 aromatic heterocycles. The zero-order valence-corrected chi connectivity index (χ0v) is 18.9. The van der Waals surface area contributed by atoms with Crippen molar-refractivity contribution in [3.63, 3.8) is 0 Å². The second-order valence-electron chi connectivity index (χ2n) is 7.93. The van der Waals surface area contributed by atoms with E-state index in [4.69, 9.17) is 16.2 Å². The number of imidazole rings is 1. The van der Waals surface area contributed by atoms with Gasteiger partial charge in [0.2, 0.25) is 11.8 Å². The highest BCUT2D eigenvalue weighted by molar-refractivity contribution is 5.90. The Hall–Kier alpha value is -2.95. The first kappa shape index (κ1) is 23.7. The zero-order valence-electron chi connectivity index (χ0n) is 18.9. The van der Waals surface area contributed by atoms with Crippen molar-refractivity contribution in [2.75, 3.05) is 43.5 Å². The molecule has 11 heteroatoms. The number of unbranched alkanes of at least 4 members (excludes halogenated alkanes) is 4. The third kappa shape index (κ3) is 6.06. The number of aromatic nitrogens is 4. The Morgan fingerprint density at radius 1 is 1.31 bits per heavy atom. The summed E-state index contributed by atoms with van der Waals surface area (Å²) in [4.78, 5) is 19.9. The number of aryl methyl sites for hydroxylation is 1. The summed E-state index contributed by atoms with van der Waals surface area (Å²) in [5, 5.41) is 3.20. The topological polar surface area (TPSA) is 132 Å². The minimum absolute atomic E-state index is 0.186. The van der Waals surface area contributed by atoms with Crippen LogP contribution in [0.5, 0.6) is 0 Å². The quantitative estimate of drug-likeness (QED) is 0.256. The van der Waals surface area contributed by atoms with Gasteiger partial charge in [0.05, 0.1) is 26.2 Å². The number of ether oxygens (including phenoxy) is 1. The fourth-order valence-corrected chi connectivity index (χ4v) is 3.55. The number of nitrogens with zero attached hydrogens (tertiary/aromatic N) is 6. The van der Waals surface area contributed by atoms with Crippen molar-refractivity contribution in [2.45, 2.75) is 44.7 Å². The van der Waals surface area contributed by atoms with Gasteiger partial charge in [0.25, 0.3) is 0 Å². The van der Waals surface area contributed by atoms with Gasteiger partial charge in [-0.1, -0.05) is 19.3 Å². The molecule has 1 aliphatic heterocycles. The lowest BCUT2D eigenvalue weighted by Gasteiger charge is -2.17. The molecule has 176 valence electrons. The maximum absolute atomic E-state index is 13.7. The van der Waals surface area contributed by atoms with Gasteiger partial charge in [-0.05, 0) is 25.8 Å². The predicted molar refractivity (Wildman–Crippen MR) is 125 cm³/mol. The third-order valence-corrected chi connectivity index (χ3v) is 5.41. The van der Waals surface area contributed by atoms with Crippen LogP contribution in [0.4, 0.5) is 16.2 Å². The standard InChI is InChI=1S/C21H34FN9O/c1-30-14-26-17-19(28-21(29-20(17)30)31-11-8-15(22)13-31)27-16(18(24)32-2)12-25-10-7-5-3-4-6-9-23/h12,14-15H,3-11,13,23-24H2,1-2H3,(H,27,28,29)/t15-/m0/s1. The number of anilines is 2. The number of hydrogen-bond donors (Lipinski definition) is 3. The van der Waals surface area contributed by atoms with Crippen LogP contribution in [0.1, 0.15) is 38.5 Å². The van der Waals surface area contributed by atoms with Gasteiger partial charge < -0.3 is 31.0 Å². The van der Waals surface area contributed by atoms with E-state index < -0.39 is 6.17 Å². The number of nitrogens with two attached hydrogens (primary N) is 2. The molecule has 0 saturated carbocycles. The first-order valence-corrected chi connectivity index (χ1v) is 11.1. The van der Waals surface area contributed by atoms with E-state index in [1.54, 1.807) is 17.1 Å². The van der Waals surface area contributed by atoms with E-state index in [0.717, 1.165) is 38.6 Å². The smallest absolute Gasteiger partial charge is 0.229 e. The van der Waals surface area contributed by atoms with Gasteiger partial charge in [-0.25, -0.2) is 9.37 Å². The average molecular weight is 448 g/mol. The van der Waals surface area contributed by atoms with Gasteiger partial charge in [-0.3, -0.25) is 4.99 Å². The van der Waals surface area contributed by atoms with Crippen molar-refractivity contribution in [2.24, 2.45) is 23.5 Å². The number of fused-ring (bicyclic) bond motifs is 1. The molecule has 0 unspecified atom stereocenters. The van der Waals surface area contributed by atoms with Crippen LogP contribution in [0.15, 0.2) is 22.9 Å². The number of aliphatic imine (C=N–C) groups is 1. The van der Waals surface area contributed by atoms with Crippen LogP contribution in [-0.4, -0.2) is 65.2 Å². The zero-order chi connectivity index (χ0) is 22.9. The minimum atomic E-state index is -0.876. The van der Waals surface area contributed by atoms with Crippen molar-refractivity contribution in [1.82, 2.24) is 19.5 Å². The van der Waals surface area contributed by atoms with Crippen molar-refractivity contribution < 1.29 is 9.13 Å². The second-order valence-corrected chi connectivity index (χ2v) is 7.93. The van der Waals surface area contributed by atoms with Crippen molar-refractivity contribution in [3.8, 4) is 0 Å². The van der Waals surface area contributed by atoms with Crippen LogP contribution in [0.25, 0.3) is 11.2 Å². The van der Waals surface area contributed by atoms with Crippen LogP contribution in [-0.2, 0) is 11.8 Å². The van der Waals surface area contributed by atoms with E-state index in [1.807, 2.05) is 11.9 Å². The second kappa shape index (κ2) is 11.6. The van der Waals surface area contributed by atoms with Crippen molar-refractivity contribution >= 4 is 29.1 Å². The minimum Gasteiger partial charge on any atom is -0.481 e. The molecule has 1 saturated heterocycles. The average Bonchev–Trinajstić information content (AvgIpc) is 3.40. The summed E-state index contributed by atoms with van der Waals surface area (Å²) in [7, 11) is 3.35. The van der Waals surface area contributed by atoms with Crippen LogP contribution in [0.2, 0.25) is 0 Å². The van der Waals surface area contributed by atoms with E-state index in [-0.39, 0.29) is 12.4 Å². The van der Waals surface area contributed by atoms with Gasteiger partial charge in [-0.15, -0.1) is 0 Å². The number of allylic oxidation sites excluding steroid dienone is 1. The number of rotatable bonds is 12. The number of alkyl halides is 1. The predicted octanol–water partition coefficient (Wildman–Crippen LogP) is 2.08. The molecule has 0 amide bonds. The number of nitrogens with one attached hydrogen (secondary N) is 1. The number of methoxy groups -OCH3 is 1. The fraction of sp³-hybridized carbons (Fsp3) is 0.619. The Kier molecular flexibility index (Phi) is 8.60. The van der Waals surface area contributed by atoms with Gasteiger partial charge in [-0.2, -0.15) is 9.97 Å². The SMILES string of the molecule is COC(N)=C(C=NCCCCCCCN)Nc1nc(N2CC[C@H](F)C2)nc2c1ncn2C. The van der Waals surface area contributed by atoms with E-state index in [2.05, 4.69) is 25.3 Å². The monoisotopic (exact) mass is 447 g/mol. The van der Waals surface area contributed by atoms with Gasteiger partial charge in [0.1, 0.15) is 11.9 Å². The Labute approximate surface area is 187 Å². The van der Waals surface area contributed by atoms with E-state index in [0.29, 0.717) is 48.1 Å².